The van der Waals surface area contributed by atoms with Gasteiger partial charge in [0.25, 0.3) is 11.8 Å². The van der Waals surface area contributed by atoms with Gasteiger partial charge in [-0.2, -0.15) is 0 Å². The van der Waals surface area contributed by atoms with Crippen LogP contribution in [0.15, 0.2) is 66.7 Å². The molecule has 0 aliphatic rings. The molecule has 0 saturated carbocycles. The molecule has 2 amide bonds. The first-order valence-electron chi connectivity index (χ1n) is 11.2. The van der Waals surface area contributed by atoms with Crippen LogP contribution in [-0.2, 0) is 6.42 Å². The van der Waals surface area contributed by atoms with E-state index < -0.39 is 5.91 Å². The van der Waals surface area contributed by atoms with Crippen LogP contribution < -0.4 is 29.7 Å². The minimum absolute atomic E-state index is 0.123. The standard InChI is InChI=1S/C27H29N3O5S/c1-30(27(36)29-25(31)19-16-22(33-2)24(35-4)23(17-19)34-3)21-13-9-8-12-20(21)26(32)28-15-14-18-10-6-5-7-11-18/h5-13,16-17H,14-15H2,1-4H3,(H,28,32)(H,29,31,36). The summed E-state index contributed by atoms with van der Waals surface area (Å²) in [5.41, 5.74) is 2.41. The maximum absolute atomic E-state index is 13.0. The Morgan fingerprint density at radius 1 is 0.861 bits per heavy atom. The SMILES string of the molecule is COc1cc(C(=O)NC(=S)N(C)c2ccccc2C(=O)NCCc2ccccc2)cc(OC)c1OC. The lowest BCUT2D eigenvalue weighted by Gasteiger charge is -2.23. The van der Waals surface area contributed by atoms with Crippen LogP contribution in [0.3, 0.4) is 0 Å². The van der Waals surface area contributed by atoms with Crippen molar-refractivity contribution in [2.45, 2.75) is 6.42 Å². The van der Waals surface area contributed by atoms with Crippen molar-refractivity contribution in [2.75, 3.05) is 39.8 Å². The zero-order valence-electron chi connectivity index (χ0n) is 20.7. The van der Waals surface area contributed by atoms with Crippen LogP contribution in [0.2, 0.25) is 0 Å². The normalized spacial score (nSPS) is 10.2. The van der Waals surface area contributed by atoms with Crippen molar-refractivity contribution in [1.29, 1.82) is 0 Å². The van der Waals surface area contributed by atoms with Crippen molar-refractivity contribution in [3.05, 3.63) is 83.4 Å². The van der Waals surface area contributed by atoms with E-state index in [2.05, 4.69) is 10.6 Å². The number of ether oxygens (including phenoxy) is 3. The van der Waals surface area contributed by atoms with Gasteiger partial charge in [0.2, 0.25) is 5.75 Å². The van der Waals surface area contributed by atoms with E-state index in [1.807, 2.05) is 30.3 Å². The van der Waals surface area contributed by atoms with Crippen LogP contribution in [0.1, 0.15) is 26.3 Å². The van der Waals surface area contributed by atoms with Crippen molar-refractivity contribution >= 4 is 34.8 Å². The fourth-order valence-electron chi connectivity index (χ4n) is 3.59. The van der Waals surface area contributed by atoms with Gasteiger partial charge < -0.3 is 24.4 Å². The van der Waals surface area contributed by atoms with E-state index in [0.717, 1.165) is 5.56 Å². The Labute approximate surface area is 216 Å². The quantitative estimate of drug-likeness (QED) is 0.426. The highest BCUT2D eigenvalue weighted by atomic mass is 32.1. The Kier molecular flexibility index (Phi) is 9.24. The lowest BCUT2D eigenvalue weighted by molar-refractivity contribution is 0.0952. The highest BCUT2D eigenvalue weighted by molar-refractivity contribution is 7.80. The number of amides is 2. The number of hydrogen-bond donors (Lipinski definition) is 2. The van der Waals surface area contributed by atoms with Gasteiger partial charge in [-0.05, 0) is 48.5 Å². The van der Waals surface area contributed by atoms with Gasteiger partial charge in [-0.1, -0.05) is 42.5 Å². The molecule has 0 unspecified atom stereocenters. The highest BCUT2D eigenvalue weighted by Crippen LogP contribution is 2.38. The maximum Gasteiger partial charge on any atom is 0.257 e. The van der Waals surface area contributed by atoms with Crippen molar-refractivity contribution in [2.24, 2.45) is 0 Å². The van der Waals surface area contributed by atoms with Crippen LogP contribution in [0.4, 0.5) is 5.69 Å². The number of nitrogens with one attached hydrogen (secondary N) is 2. The lowest BCUT2D eigenvalue weighted by atomic mass is 10.1. The van der Waals surface area contributed by atoms with Crippen molar-refractivity contribution < 1.29 is 23.8 Å². The van der Waals surface area contributed by atoms with Gasteiger partial charge in [-0.25, -0.2) is 0 Å². The summed E-state index contributed by atoms with van der Waals surface area (Å²) >= 11 is 5.48. The van der Waals surface area contributed by atoms with Gasteiger partial charge in [0, 0.05) is 19.2 Å². The second kappa shape index (κ2) is 12.6. The molecule has 188 valence electrons. The molecule has 0 spiro atoms. The van der Waals surface area contributed by atoms with E-state index in [1.165, 1.54) is 33.5 Å². The minimum Gasteiger partial charge on any atom is -0.493 e. The maximum atomic E-state index is 13.0. The third-order valence-corrected chi connectivity index (χ3v) is 5.88. The molecule has 0 aliphatic carbocycles. The molecule has 0 heterocycles. The topological polar surface area (TPSA) is 89.1 Å². The zero-order chi connectivity index (χ0) is 26.1. The molecule has 3 rings (SSSR count). The molecule has 0 aliphatic heterocycles. The number of methoxy groups -OCH3 is 3. The average Bonchev–Trinajstić information content (AvgIpc) is 2.92. The number of nitrogens with zero attached hydrogens (tertiary/aromatic N) is 1. The number of hydrogen-bond acceptors (Lipinski definition) is 6. The number of rotatable bonds is 9. The van der Waals surface area contributed by atoms with Crippen LogP contribution >= 0.6 is 12.2 Å². The van der Waals surface area contributed by atoms with E-state index in [0.29, 0.717) is 41.5 Å². The van der Waals surface area contributed by atoms with Crippen LogP contribution in [0.5, 0.6) is 17.2 Å². The summed E-state index contributed by atoms with van der Waals surface area (Å²) in [5, 5.41) is 5.77. The van der Waals surface area contributed by atoms with Crippen molar-refractivity contribution in [3.8, 4) is 17.2 Å². The Bertz CT molecular complexity index is 1210. The van der Waals surface area contributed by atoms with Crippen molar-refractivity contribution in [1.82, 2.24) is 10.6 Å². The fourth-order valence-corrected chi connectivity index (χ4v) is 3.78. The summed E-state index contributed by atoms with van der Waals surface area (Å²) in [6.07, 6.45) is 0.716. The molecule has 0 bridgehead atoms. The Hall–Kier alpha value is -4.11. The number of para-hydroxylation sites is 1. The molecule has 36 heavy (non-hydrogen) atoms. The third-order valence-electron chi connectivity index (χ3n) is 5.50. The van der Waals surface area contributed by atoms with Crippen LogP contribution in [0, 0.1) is 0 Å². The number of benzene rings is 3. The predicted molar refractivity (Wildman–Crippen MR) is 143 cm³/mol. The second-order valence-electron chi connectivity index (χ2n) is 7.74. The smallest absolute Gasteiger partial charge is 0.257 e. The molecule has 0 aromatic heterocycles. The van der Waals surface area contributed by atoms with E-state index in [-0.39, 0.29) is 16.6 Å². The minimum atomic E-state index is -0.462. The van der Waals surface area contributed by atoms with E-state index in [1.54, 1.807) is 36.2 Å². The van der Waals surface area contributed by atoms with E-state index in [9.17, 15) is 9.59 Å². The third kappa shape index (κ3) is 6.31. The number of thiocarbonyl (C=S) groups is 1. The van der Waals surface area contributed by atoms with E-state index in [4.69, 9.17) is 26.4 Å². The first-order valence-corrected chi connectivity index (χ1v) is 11.6. The van der Waals surface area contributed by atoms with Gasteiger partial charge in [0.05, 0.1) is 32.6 Å². The Morgan fingerprint density at radius 3 is 2.08 bits per heavy atom. The van der Waals surface area contributed by atoms with Crippen molar-refractivity contribution in [3.63, 3.8) is 0 Å². The second-order valence-corrected chi connectivity index (χ2v) is 8.13. The van der Waals surface area contributed by atoms with E-state index >= 15 is 0 Å². The molecular formula is C27H29N3O5S. The Morgan fingerprint density at radius 2 is 1.47 bits per heavy atom. The molecule has 0 fully saturated rings. The molecule has 9 heteroatoms. The number of anilines is 1. The summed E-state index contributed by atoms with van der Waals surface area (Å²) in [6, 6.07) is 20.1. The summed E-state index contributed by atoms with van der Waals surface area (Å²) in [7, 11) is 6.12. The molecule has 3 aromatic carbocycles. The first-order chi connectivity index (χ1) is 17.4. The molecule has 2 N–H and O–H groups in total. The molecule has 0 atom stereocenters. The molecule has 0 saturated heterocycles. The number of carbonyl (C=O) groups excluding carboxylic acids is 2. The van der Waals surface area contributed by atoms with Gasteiger partial charge in [-0.15, -0.1) is 0 Å². The van der Waals surface area contributed by atoms with Gasteiger partial charge in [-0.3, -0.25) is 14.9 Å². The summed E-state index contributed by atoms with van der Waals surface area (Å²) in [6.45, 7) is 0.489. The van der Waals surface area contributed by atoms with Gasteiger partial charge in [0.15, 0.2) is 16.6 Å². The summed E-state index contributed by atoms with van der Waals surface area (Å²) < 4.78 is 15.9. The first kappa shape index (κ1) is 26.5. The summed E-state index contributed by atoms with van der Waals surface area (Å²) in [5.74, 6) is 0.379. The number of carbonyl (C=O) groups is 2. The summed E-state index contributed by atoms with van der Waals surface area (Å²) in [4.78, 5) is 27.5. The average molecular weight is 508 g/mol. The largest absolute Gasteiger partial charge is 0.493 e. The lowest BCUT2D eigenvalue weighted by Crippen LogP contribution is -2.41. The molecule has 3 aromatic rings. The monoisotopic (exact) mass is 507 g/mol. The van der Waals surface area contributed by atoms with Gasteiger partial charge >= 0.3 is 0 Å². The van der Waals surface area contributed by atoms with Crippen LogP contribution in [0.25, 0.3) is 0 Å². The molecular weight excluding hydrogens is 478 g/mol. The van der Waals surface area contributed by atoms with Gasteiger partial charge in [0.1, 0.15) is 0 Å². The Balaban J connectivity index is 1.71. The molecule has 0 radical (unpaired) electrons. The zero-order valence-corrected chi connectivity index (χ0v) is 21.5. The highest BCUT2D eigenvalue weighted by Gasteiger charge is 2.21. The van der Waals surface area contributed by atoms with Crippen LogP contribution in [-0.4, -0.2) is 51.8 Å². The predicted octanol–water partition coefficient (Wildman–Crippen LogP) is 3.84. The fraction of sp³-hybridized carbons (Fsp3) is 0.222. The molecule has 8 nitrogen and oxygen atoms in total.